The molecule has 94 valence electrons. The van der Waals surface area contributed by atoms with Crippen molar-refractivity contribution in [3.63, 3.8) is 0 Å². The van der Waals surface area contributed by atoms with Gasteiger partial charge in [0.1, 0.15) is 0 Å². The molecule has 0 heterocycles. The molecule has 1 aromatic carbocycles. The van der Waals surface area contributed by atoms with E-state index in [1.807, 2.05) is 0 Å². The standard InChI is InChI=1S/C12H18BClO3/c1-11(2,15)12(3,4)17-13(16)9-7-5-6-8-10(9)14/h5-8,15-16H,1-4H3. The van der Waals surface area contributed by atoms with E-state index in [0.717, 1.165) is 0 Å². The zero-order chi connectivity index (χ0) is 13.3. The Morgan fingerprint density at radius 1 is 1.18 bits per heavy atom. The number of aliphatic hydroxyl groups is 1. The van der Waals surface area contributed by atoms with Crippen LogP contribution in [0.15, 0.2) is 24.3 Å². The molecule has 0 aromatic heterocycles. The van der Waals surface area contributed by atoms with Crippen LogP contribution >= 0.6 is 11.6 Å². The lowest BCUT2D eigenvalue weighted by Gasteiger charge is -2.38. The lowest BCUT2D eigenvalue weighted by atomic mass is 9.76. The molecule has 0 atom stereocenters. The Bertz CT molecular complexity index is 388. The normalized spacial score (nSPS) is 12.6. The minimum absolute atomic E-state index is 0.437. The van der Waals surface area contributed by atoms with E-state index in [1.54, 1.807) is 52.0 Å². The summed E-state index contributed by atoms with van der Waals surface area (Å²) in [6, 6.07) is 6.92. The molecule has 0 saturated heterocycles. The first kappa shape index (κ1) is 14.5. The SMILES string of the molecule is CC(C)(O)C(C)(C)OB(O)c1ccccc1Cl. The topological polar surface area (TPSA) is 49.7 Å². The van der Waals surface area contributed by atoms with Crippen LogP contribution < -0.4 is 5.46 Å². The highest BCUT2D eigenvalue weighted by molar-refractivity contribution is 6.63. The second-order valence-corrected chi connectivity index (χ2v) is 5.47. The summed E-state index contributed by atoms with van der Waals surface area (Å²) in [6.45, 7) is 6.69. The Kier molecular flexibility index (Phi) is 4.26. The summed E-state index contributed by atoms with van der Waals surface area (Å²) in [5.74, 6) is 0. The Balaban J connectivity index is 2.87. The van der Waals surface area contributed by atoms with E-state index in [-0.39, 0.29) is 0 Å². The molecular weight excluding hydrogens is 238 g/mol. The average Bonchev–Trinajstić information content (AvgIpc) is 2.15. The Labute approximate surface area is 108 Å². The third kappa shape index (κ3) is 3.46. The highest BCUT2D eigenvalue weighted by Crippen LogP contribution is 2.25. The predicted octanol–water partition coefficient (Wildman–Crippen LogP) is 1.59. The van der Waals surface area contributed by atoms with E-state index >= 15 is 0 Å². The number of hydrogen-bond donors (Lipinski definition) is 2. The number of halogens is 1. The Morgan fingerprint density at radius 3 is 2.18 bits per heavy atom. The molecule has 0 aliphatic rings. The molecule has 1 aromatic rings. The number of benzene rings is 1. The van der Waals surface area contributed by atoms with Crippen LogP contribution in [-0.2, 0) is 4.65 Å². The molecule has 3 nitrogen and oxygen atoms in total. The highest BCUT2D eigenvalue weighted by Gasteiger charge is 2.39. The van der Waals surface area contributed by atoms with Gasteiger partial charge in [-0.3, -0.25) is 0 Å². The van der Waals surface area contributed by atoms with Gasteiger partial charge in [-0.05, 0) is 33.8 Å². The van der Waals surface area contributed by atoms with Gasteiger partial charge < -0.3 is 14.8 Å². The summed E-state index contributed by atoms with van der Waals surface area (Å²) < 4.78 is 5.49. The summed E-state index contributed by atoms with van der Waals surface area (Å²) in [4.78, 5) is 0. The molecule has 0 fully saturated rings. The summed E-state index contributed by atoms with van der Waals surface area (Å²) >= 11 is 5.96. The van der Waals surface area contributed by atoms with Crippen molar-refractivity contribution in [1.82, 2.24) is 0 Å². The van der Waals surface area contributed by atoms with Gasteiger partial charge in [0.15, 0.2) is 0 Å². The lowest BCUT2D eigenvalue weighted by molar-refractivity contribution is -0.0982. The van der Waals surface area contributed by atoms with Crippen molar-refractivity contribution in [3.8, 4) is 0 Å². The van der Waals surface area contributed by atoms with E-state index in [9.17, 15) is 10.1 Å². The second kappa shape index (κ2) is 4.98. The monoisotopic (exact) mass is 256 g/mol. The van der Waals surface area contributed by atoms with Gasteiger partial charge in [-0.1, -0.05) is 29.8 Å². The van der Waals surface area contributed by atoms with Crippen LogP contribution in [0.5, 0.6) is 0 Å². The van der Waals surface area contributed by atoms with E-state index < -0.39 is 18.3 Å². The summed E-state index contributed by atoms with van der Waals surface area (Å²) in [6.07, 6.45) is 0. The summed E-state index contributed by atoms with van der Waals surface area (Å²) in [5.41, 5.74) is -1.48. The maximum Gasteiger partial charge on any atom is 0.493 e. The van der Waals surface area contributed by atoms with Gasteiger partial charge in [-0.25, -0.2) is 0 Å². The molecule has 1 rings (SSSR count). The van der Waals surface area contributed by atoms with Crippen LogP contribution in [0, 0.1) is 0 Å². The molecule has 5 heteroatoms. The molecule has 0 bridgehead atoms. The fourth-order valence-corrected chi connectivity index (χ4v) is 1.39. The molecule has 0 amide bonds. The van der Waals surface area contributed by atoms with E-state index in [4.69, 9.17) is 16.3 Å². The van der Waals surface area contributed by atoms with Gasteiger partial charge in [0.2, 0.25) is 0 Å². The van der Waals surface area contributed by atoms with Crippen molar-refractivity contribution in [1.29, 1.82) is 0 Å². The van der Waals surface area contributed by atoms with Gasteiger partial charge in [0, 0.05) is 10.5 Å². The molecule has 2 N–H and O–H groups in total. The van der Waals surface area contributed by atoms with Crippen molar-refractivity contribution >= 4 is 24.2 Å². The van der Waals surface area contributed by atoms with E-state index in [0.29, 0.717) is 10.5 Å². The molecule has 0 spiro atoms. The van der Waals surface area contributed by atoms with Crippen LogP contribution in [0.4, 0.5) is 0 Å². The summed E-state index contributed by atoms with van der Waals surface area (Å²) in [5, 5.41) is 20.4. The Morgan fingerprint density at radius 2 is 1.71 bits per heavy atom. The highest BCUT2D eigenvalue weighted by atomic mass is 35.5. The van der Waals surface area contributed by atoms with Gasteiger partial charge in [-0.15, -0.1) is 0 Å². The fourth-order valence-electron chi connectivity index (χ4n) is 1.16. The minimum atomic E-state index is -1.16. The molecule has 0 unspecified atom stereocenters. The molecule has 0 aliphatic carbocycles. The Hall–Kier alpha value is -0.545. The van der Waals surface area contributed by atoms with Crippen LogP contribution in [0.1, 0.15) is 27.7 Å². The van der Waals surface area contributed by atoms with Crippen molar-refractivity contribution in [2.45, 2.75) is 38.9 Å². The zero-order valence-corrected chi connectivity index (χ0v) is 11.3. The molecule has 17 heavy (non-hydrogen) atoms. The summed E-state index contributed by atoms with van der Waals surface area (Å²) in [7, 11) is -1.16. The van der Waals surface area contributed by atoms with Crippen molar-refractivity contribution < 1.29 is 14.8 Å². The fraction of sp³-hybridized carbons (Fsp3) is 0.500. The van der Waals surface area contributed by atoms with Crippen LogP contribution in [0.25, 0.3) is 0 Å². The van der Waals surface area contributed by atoms with Gasteiger partial charge in [0.05, 0.1) is 11.2 Å². The third-order valence-corrected chi connectivity index (χ3v) is 3.40. The maximum atomic E-state index is 9.98. The van der Waals surface area contributed by atoms with Crippen molar-refractivity contribution in [2.24, 2.45) is 0 Å². The largest absolute Gasteiger partial charge is 0.493 e. The molecule has 0 saturated carbocycles. The first-order valence-electron chi connectivity index (χ1n) is 5.48. The molecular formula is C12H18BClO3. The molecule has 0 aliphatic heterocycles. The van der Waals surface area contributed by atoms with Gasteiger partial charge in [0.25, 0.3) is 0 Å². The quantitative estimate of drug-likeness (QED) is 0.805. The number of hydrogen-bond acceptors (Lipinski definition) is 3. The third-order valence-electron chi connectivity index (χ3n) is 3.05. The molecule has 0 radical (unpaired) electrons. The zero-order valence-electron chi connectivity index (χ0n) is 10.6. The van der Waals surface area contributed by atoms with Crippen molar-refractivity contribution in [2.75, 3.05) is 0 Å². The maximum absolute atomic E-state index is 9.98. The first-order chi connectivity index (χ1) is 7.65. The van der Waals surface area contributed by atoms with Gasteiger partial charge >= 0.3 is 7.12 Å². The van der Waals surface area contributed by atoms with Crippen LogP contribution in [0.3, 0.4) is 0 Å². The van der Waals surface area contributed by atoms with E-state index in [2.05, 4.69) is 0 Å². The first-order valence-corrected chi connectivity index (χ1v) is 5.85. The van der Waals surface area contributed by atoms with Crippen LogP contribution in [0.2, 0.25) is 5.02 Å². The predicted molar refractivity (Wildman–Crippen MR) is 70.5 cm³/mol. The average molecular weight is 257 g/mol. The lowest BCUT2D eigenvalue weighted by Crippen LogP contribution is -2.53. The van der Waals surface area contributed by atoms with Crippen LogP contribution in [-0.4, -0.2) is 28.5 Å². The van der Waals surface area contributed by atoms with E-state index in [1.165, 1.54) is 0 Å². The smallest absolute Gasteiger partial charge is 0.423 e. The van der Waals surface area contributed by atoms with Crippen molar-refractivity contribution in [3.05, 3.63) is 29.3 Å². The number of rotatable bonds is 4. The second-order valence-electron chi connectivity index (χ2n) is 5.06. The minimum Gasteiger partial charge on any atom is -0.423 e. The van der Waals surface area contributed by atoms with Gasteiger partial charge in [-0.2, -0.15) is 0 Å².